The molecular formula is C20H32O3Si. The minimum absolute atomic E-state index is 0.0911. The van der Waals surface area contributed by atoms with Crippen LogP contribution in [0.15, 0.2) is 36.4 Å². The Hall–Kier alpha value is -1.39. The normalized spacial score (nSPS) is 14.2. The maximum atomic E-state index is 12.1. The van der Waals surface area contributed by atoms with Crippen molar-refractivity contribution in [2.75, 3.05) is 0 Å². The number of carbonyl (C=O) groups excluding carboxylic acids is 1. The largest absolute Gasteiger partial charge is 0.463 e. The minimum atomic E-state index is -1.97. The van der Waals surface area contributed by atoms with E-state index in [1.54, 1.807) is 0 Å². The molecule has 1 rings (SSSR count). The van der Waals surface area contributed by atoms with E-state index < -0.39 is 8.32 Å². The van der Waals surface area contributed by atoms with Gasteiger partial charge in [-0.25, -0.2) is 0 Å². The first-order chi connectivity index (χ1) is 11.0. The molecule has 0 heterocycles. The zero-order valence-corrected chi connectivity index (χ0v) is 17.1. The predicted molar refractivity (Wildman–Crippen MR) is 103 cm³/mol. The van der Waals surface area contributed by atoms with Crippen LogP contribution in [0, 0.1) is 0 Å². The van der Waals surface area contributed by atoms with Crippen LogP contribution in [0.2, 0.25) is 18.1 Å². The molecule has 1 aromatic carbocycles. The summed E-state index contributed by atoms with van der Waals surface area (Å²) in [4.78, 5) is 12.1. The van der Waals surface area contributed by atoms with Crippen LogP contribution in [-0.4, -0.2) is 26.5 Å². The number of carbonyl (C=O) groups is 1. The van der Waals surface area contributed by atoms with Crippen molar-refractivity contribution in [1.82, 2.24) is 0 Å². The average molecular weight is 349 g/mol. The fourth-order valence-electron chi connectivity index (χ4n) is 1.96. The molecule has 0 aliphatic rings. The lowest BCUT2D eigenvalue weighted by Gasteiger charge is -2.38. The lowest BCUT2D eigenvalue weighted by molar-refractivity contribution is -0.148. The Morgan fingerprint density at radius 1 is 1.17 bits per heavy atom. The van der Waals surface area contributed by atoms with Gasteiger partial charge in [0.25, 0.3) is 0 Å². The Morgan fingerprint density at radius 2 is 1.75 bits per heavy atom. The summed E-state index contributed by atoms with van der Waals surface area (Å²) in [6.45, 7) is 14.7. The molecule has 3 nitrogen and oxygen atoms in total. The average Bonchev–Trinajstić information content (AvgIpc) is 2.43. The van der Waals surface area contributed by atoms with Crippen LogP contribution in [0.4, 0.5) is 0 Å². The van der Waals surface area contributed by atoms with Crippen molar-refractivity contribution in [3.05, 3.63) is 42.0 Å². The standard InChI is InChI=1S/C20H32O3Si/c1-16(2)22-19(21)15-18(23-24(6,7)20(3,4)5)14-13-17-11-9-8-10-12-17/h8-14,16,18H,15H2,1-7H3/b14-13+. The number of hydrogen-bond donors (Lipinski definition) is 0. The van der Waals surface area contributed by atoms with Gasteiger partial charge in [-0.15, -0.1) is 0 Å². The number of ether oxygens (including phenoxy) is 1. The molecule has 0 fully saturated rings. The van der Waals surface area contributed by atoms with Gasteiger partial charge in [0, 0.05) is 0 Å². The highest BCUT2D eigenvalue weighted by Gasteiger charge is 2.39. The number of esters is 1. The summed E-state index contributed by atoms with van der Waals surface area (Å²) in [5.74, 6) is -0.216. The molecule has 0 saturated heterocycles. The van der Waals surface area contributed by atoms with Crippen molar-refractivity contribution in [2.45, 2.75) is 71.4 Å². The Kier molecular flexibility index (Phi) is 7.43. The zero-order chi connectivity index (χ0) is 18.4. The Bertz CT molecular complexity index is 542. The summed E-state index contributed by atoms with van der Waals surface area (Å²) < 4.78 is 11.7. The van der Waals surface area contributed by atoms with E-state index in [1.807, 2.05) is 56.3 Å². The second-order valence-electron chi connectivity index (χ2n) is 7.93. The van der Waals surface area contributed by atoms with Gasteiger partial charge in [0.05, 0.1) is 18.6 Å². The topological polar surface area (TPSA) is 35.5 Å². The van der Waals surface area contributed by atoms with Crippen LogP contribution in [0.5, 0.6) is 0 Å². The van der Waals surface area contributed by atoms with E-state index in [2.05, 4.69) is 33.9 Å². The monoisotopic (exact) mass is 348 g/mol. The molecule has 0 spiro atoms. The first-order valence-corrected chi connectivity index (χ1v) is 11.5. The number of rotatable bonds is 7. The summed E-state index contributed by atoms with van der Waals surface area (Å²) in [6.07, 6.45) is 3.87. The van der Waals surface area contributed by atoms with Crippen LogP contribution < -0.4 is 0 Å². The molecule has 0 aliphatic carbocycles. The summed E-state index contributed by atoms with van der Waals surface area (Å²) in [6, 6.07) is 10.0. The van der Waals surface area contributed by atoms with Gasteiger partial charge in [-0.05, 0) is 37.5 Å². The van der Waals surface area contributed by atoms with E-state index in [0.29, 0.717) is 0 Å². The van der Waals surface area contributed by atoms with Gasteiger partial charge in [-0.2, -0.15) is 0 Å². The molecule has 0 aromatic heterocycles. The summed E-state index contributed by atoms with van der Waals surface area (Å²) >= 11 is 0. The van der Waals surface area contributed by atoms with E-state index in [0.717, 1.165) is 5.56 Å². The minimum Gasteiger partial charge on any atom is -0.463 e. The highest BCUT2D eigenvalue weighted by Crippen LogP contribution is 2.37. The maximum absolute atomic E-state index is 12.1. The molecule has 1 atom stereocenters. The second-order valence-corrected chi connectivity index (χ2v) is 12.7. The predicted octanol–water partition coefficient (Wildman–Crippen LogP) is 5.43. The molecule has 0 amide bonds. The van der Waals surface area contributed by atoms with Crippen molar-refractivity contribution < 1.29 is 14.0 Å². The van der Waals surface area contributed by atoms with Crippen LogP contribution >= 0.6 is 0 Å². The van der Waals surface area contributed by atoms with Crippen LogP contribution in [0.1, 0.15) is 46.6 Å². The van der Waals surface area contributed by atoms with Crippen LogP contribution in [-0.2, 0) is 14.0 Å². The fraction of sp³-hybridized carbons (Fsp3) is 0.550. The van der Waals surface area contributed by atoms with E-state index in [-0.39, 0.29) is 29.6 Å². The van der Waals surface area contributed by atoms with E-state index in [9.17, 15) is 4.79 Å². The van der Waals surface area contributed by atoms with Crippen molar-refractivity contribution in [3.63, 3.8) is 0 Å². The summed E-state index contributed by atoms with van der Waals surface area (Å²) in [5, 5.41) is 0.0911. The highest BCUT2D eigenvalue weighted by atomic mass is 28.4. The Morgan fingerprint density at radius 3 is 2.25 bits per heavy atom. The van der Waals surface area contributed by atoms with Gasteiger partial charge in [-0.1, -0.05) is 63.3 Å². The van der Waals surface area contributed by atoms with Crippen molar-refractivity contribution in [2.24, 2.45) is 0 Å². The first-order valence-electron chi connectivity index (χ1n) is 8.62. The van der Waals surface area contributed by atoms with Gasteiger partial charge < -0.3 is 9.16 Å². The van der Waals surface area contributed by atoms with Gasteiger partial charge >= 0.3 is 5.97 Å². The number of benzene rings is 1. The molecule has 0 radical (unpaired) electrons. The molecule has 0 N–H and O–H groups in total. The molecule has 0 aliphatic heterocycles. The first kappa shape index (κ1) is 20.7. The lowest BCUT2D eigenvalue weighted by Crippen LogP contribution is -2.44. The fourth-order valence-corrected chi connectivity index (χ4v) is 3.23. The molecule has 0 bridgehead atoms. The highest BCUT2D eigenvalue weighted by molar-refractivity contribution is 6.74. The molecule has 1 aromatic rings. The zero-order valence-electron chi connectivity index (χ0n) is 16.1. The molecule has 24 heavy (non-hydrogen) atoms. The Labute approximate surface area is 148 Å². The molecular weight excluding hydrogens is 316 g/mol. The van der Waals surface area contributed by atoms with Gasteiger partial charge in [-0.3, -0.25) is 4.79 Å². The lowest BCUT2D eigenvalue weighted by atomic mass is 10.1. The van der Waals surface area contributed by atoms with E-state index in [1.165, 1.54) is 0 Å². The van der Waals surface area contributed by atoms with E-state index in [4.69, 9.17) is 9.16 Å². The van der Waals surface area contributed by atoms with Gasteiger partial charge in [0.2, 0.25) is 0 Å². The van der Waals surface area contributed by atoms with Gasteiger partial charge in [0.15, 0.2) is 8.32 Å². The van der Waals surface area contributed by atoms with E-state index >= 15 is 0 Å². The van der Waals surface area contributed by atoms with Crippen molar-refractivity contribution in [3.8, 4) is 0 Å². The summed E-state index contributed by atoms with van der Waals surface area (Å²) in [5.41, 5.74) is 1.10. The third-order valence-corrected chi connectivity index (χ3v) is 8.79. The Balaban J connectivity index is 2.90. The summed E-state index contributed by atoms with van der Waals surface area (Å²) in [7, 11) is -1.97. The number of hydrogen-bond acceptors (Lipinski definition) is 3. The van der Waals surface area contributed by atoms with Crippen LogP contribution in [0.25, 0.3) is 6.08 Å². The molecule has 1 unspecified atom stereocenters. The third-order valence-electron chi connectivity index (χ3n) is 4.29. The third kappa shape index (κ3) is 7.01. The maximum Gasteiger partial charge on any atom is 0.308 e. The van der Waals surface area contributed by atoms with Gasteiger partial charge in [0.1, 0.15) is 0 Å². The smallest absolute Gasteiger partial charge is 0.308 e. The van der Waals surface area contributed by atoms with Crippen LogP contribution in [0.3, 0.4) is 0 Å². The molecule has 4 heteroatoms. The second kappa shape index (κ2) is 8.63. The SMILES string of the molecule is CC(C)OC(=O)CC(/C=C/c1ccccc1)O[Si](C)(C)C(C)(C)C. The quantitative estimate of drug-likeness (QED) is 0.487. The van der Waals surface area contributed by atoms with Crippen molar-refractivity contribution in [1.29, 1.82) is 0 Å². The molecule has 134 valence electrons. The van der Waals surface area contributed by atoms with Crippen molar-refractivity contribution >= 4 is 20.4 Å². The molecule has 0 saturated carbocycles.